The molecule has 0 unspecified atom stereocenters. The van der Waals surface area contributed by atoms with E-state index in [1.807, 2.05) is 18.2 Å². The molecule has 0 bridgehead atoms. The van der Waals surface area contributed by atoms with Crippen molar-refractivity contribution in [1.82, 2.24) is 0 Å². The van der Waals surface area contributed by atoms with E-state index in [0.717, 1.165) is 22.4 Å². The average molecular weight is 341 g/mol. The molecule has 0 radical (unpaired) electrons. The number of halogens is 1. The zero-order chi connectivity index (χ0) is 14.8. The summed E-state index contributed by atoms with van der Waals surface area (Å²) in [5, 5.41) is 2.56. The van der Waals surface area contributed by atoms with E-state index in [1.54, 1.807) is 0 Å². The van der Waals surface area contributed by atoms with Crippen LogP contribution in [0.1, 0.15) is 5.56 Å². The second kappa shape index (κ2) is 5.78. The van der Waals surface area contributed by atoms with Crippen LogP contribution in [0.25, 0.3) is 10.8 Å². The summed E-state index contributed by atoms with van der Waals surface area (Å²) in [5.41, 5.74) is 9.25. The zero-order valence-electron chi connectivity index (χ0n) is 11.9. The van der Waals surface area contributed by atoms with Gasteiger partial charge in [0.1, 0.15) is 0 Å². The highest BCUT2D eigenvalue weighted by Gasteiger charge is 2.08. The van der Waals surface area contributed by atoms with Crippen LogP contribution in [-0.2, 0) is 6.54 Å². The van der Waals surface area contributed by atoms with Gasteiger partial charge in [0.05, 0.1) is 11.4 Å². The molecule has 2 N–H and O–H groups in total. The number of hydrogen-bond donors (Lipinski definition) is 1. The molecule has 21 heavy (non-hydrogen) atoms. The lowest BCUT2D eigenvalue weighted by atomic mass is 10.0. The van der Waals surface area contributed by atoms with Gasteiger partial charge in [0.25, 0.3) is 0 Å². The molecule has 106 valence electrons. The number of hydrogen-bond acceptors (Lipinski definition) is 2. The maximum Gasteiger partial charge on any atom is 0.0601 e. The Balaban J connectivity index is 1.94. The number of anilines is 2. The summed E-state index contributed by atoms with van der Waals surface area (Å²) >= 11 is 3.45. The van der Waals surface area contributed by atoms with Gasteiger partial charge in [-0.25, -0.2) is 0 Å². The minimum absolute atomic E-state index is 0.784. The van der Waals surface area contributed by atoms with Gasteiger partial charge in [0.15, 0.2) is 0 Å². The first-order chi connectivity index (χ1) is 10.1. The molecule has 0 saturated carbocycles. The third-order valence-electron chi connectivity index (χ3n) is 3.69. The average Bonchev–Trinajstić information content (AvgIpc) is 2.47. The van der Waals surface area contributed by atoms with Gasteiger partial charge < -0.3 is 10.6 Å². The van der Waals surface area contributed by atoms with Crippen LogP contribution >= 0.6 is 15.9 Å². The maximum atomic E-state index is 6.12. The highest BCUT2D eigenvalue weighted by Crippen LogP contribution is 2.28. The van der Waals surface area contributed by atoms with Gasteiger partial charge >= 0.3 is 0 Å². The molecular formula is C18H17BrN2. The van der Waals surface area contributed by atoms with Gasteiger partial charge in [0.2, 0.25) is 0 Å². The van der Waals surface area contributed by atoms with E-state index in [0.29, 0.717) is 0 Å². The number of rotatable bonds is 3. The van der Waals surface area contributed by atoms with Crippen molar-refractivity contribution < 1.29 is 0 Å². The smallest absolute Gasteiger partial charge is 0.0601 e. The van der Waals surface area contributed by atoms with Crippen LogP contribution < -0.4 is 10.6 Å². The van der Waals surface area contributed by atoms with Crippen molar-refractivity contribution in [2.75, 3.05) is 17.7 Å². The second-order valence-electron chi connectivity index (χ2n) is 5.20. The van der Waals surface area contributed by atoms with E-state index in [-0.39, 0.29) is 0 Å². The van der Waals surface area contributed by atoms with Crippen molar-refractivity contribution in [1.29, 1.82) is 0 Å². The van der Waals surface area contributed by atoms with E-state index in [9.17, 15) is 0 Å². The minimum atomic E-state index is 0.784. The monoisotopic (exact) mass is 340 g/mol. The molecule has 0 saturated heterocycles. The Labute approximate surface area is 133 Å². The molecule has 0 atom stereocenters. The molecule has 0 amide bonds. The predicted molar refractivity (Wildman–Crippen MR) is 94.6 cm³/mol. The minimum Gasteiger partial charge on any atom is -0.397 e. The SMILES string of the molecule is CN(Cc1cccc2ccccc12)c1ccc(Br)cc1N. The molecule has 0 aliphatic carbocycles. The molecule has 0 aliphatic heterocycles. The number of fused-ring (bicyclic) bond motifs is 1. The molecule has 0 aliphatic rings. The van der Waals surface area contributed by atoms with E-state index in [1.165, 1.54) is 16.3 Å². The summed E-state index contributed by atoms with van der Waals surface area (Å²) in [6.45, 7) is 0.827. The van der Waals surface area contributed by atoms with Crippen LogP contribution in [0, 0.1) is 0 Å². The molecule has 0 aromatic heterocycles. The largest absolute Gasteiger partial charge is 0.397 e. The van der Waals surface area contributed by atoms with E-state index >= 15 is 0 Å². The summed E-state index contributed by atoms with van der Waals surface area (Å²) in [4.78, 5) is 2.18. The lowest BCUT2D eigenvalue weighted by Crippen LogP contribution is -2.17. The van der Waals surface area contributed by atoms with Crippen molar-refractivity contribution in [2.45, 2.75) is 6.54 Å². The van der Waals surface area contributed by atoms with Crippen LogP contribution in [0.5, 0.6) is 0 Å². The van der Waals surface area contributed by atoms with Crippen molar-refractivity contribution in [2.24, 2.45) is 0 Å². The van der Waals surface area contributed by atoms with Gasteiger partial charge in [-0.05, 0) is 34.5 Å². The fourth-order valence-corrected chi connectivity index (χ4v) is 3.02. The zero-order valence-corrected chi connectivity index (χ0v) is 13.5. The Hall–Kier alpha value is -2.00. The quantitative estimate of drug-likeness (QED) is 0.692. The van der Waals surface area contributed by atoms with Crippen molar-refractivity contribution in [3.8, 4) is 0 Å². The standard InChI is InChI=1S/C18H17BrN2/c1-21(18-10-9-15(19)11-17(18)20)12-14-7-4-6-13-5-2-3-8-16(13)14/h2-11H,12,20H2,1H3. The van der Waals surface area contributed by atoms with Gasteiger partial charge in [-0.15, -0.1) is 0 Å². The first-order valence-corrected chi connectivity index (χ1v) is 7.67. The third kappa shape index (κ3) is 2.88. The Kier molecular flexibility index (Phi) is 3.84. The van der Waals surface area contributed by atoms with Crippen LogP contribution in [0.2, 0.25) is 0 Å². The fraction of sp³-hybridized carbons (Fsp3) is 0.111. The lowest BCUT2D eigenvalue weighted by molar-refractivity contribution is 0.932. The number of nitrogens with two attached hydrogens (primary N) is 1. The summed E-state index contributed by atoms with van der Waals surface area (Å²) in [6, 6.07) is 20.9. The van der Waals surface area contributed by atoms with Crippen molar-refractivity contribution in [3.05, 3.63) is 70.7 Å². The Morgan fingerprint density at radius 1 is 1.00 bits per heavy atom. The second-order valence-corrected chi connectivity index (χ2v) is 6.11. The van der Waals surface area contributed by atoms with Crippen molar-refractivity contribution >= 4 is 38.1 Å². The van der Waals surface area contributed by atoms with Crippen LogP contribution in [0.3, 0.4) is 0 Å². The molecule has 3 heteroatoms. The van der Waals surface area contributed by atoms with E-state index < -0.39 is 0 Å². The summed E-state index contributed by atoms with van der Waals surface area (Å²) in [5.74, 6) is 0. The lowest BCUT2D eigenvalue weighted by Gasteiger charge is -2.22. The van der Waals surface area contributed by atoms with Crippen LogP contribution in [0.15, 0.2) is 65.1 Å². The topological polar surface area (TPSA) is 29.3 Å². The highest BCUT2D eigenvalue weighted by atomic mass is 79.9. The summed E-state index contributed by atoms with van der Waals surface area (Å²) < 4.78 is 1.00. The Morgan fingerprint density at radius 3 is 2.57 bits per heavy atom. The number of nitrogen functional groups attached to an aromatic ring is 1. The first kappa shape index (κ1) is 14.0. The number of benzene rings is 3. The molecule has 2 nitrogen and oxygen atoms in total. The van der Waals surface area contributed by atoms with Gasteiger partial charge in [-0.3, -0.25) is 0 Å². The van der Waals surface area contributed by atoms with Crippen LogP contribution in [-0.4, -0.2) is 7.05 Å². The molecule has 0 fully saturated rings. The normalized spacial score (nSPS) is 10.8. The van der Waals surface area contributed by atoms with Crippen molar-refractivity contribution in [3.63, 3.8) is 0 Å². The highest BCUT2D eigenvalue weighted by molar-refractivity contribution is 9.10. The van der Waals surface area contributed by atoms with Gasteiger partial charge in [0, 0.05) is 18.1 Å². The first-order valence-electron chi connectivity index (χ1n) is 6.88. The molecule has 0 heterocycles. The molecular weight excluding hydrogens is 324 g/mol. The molecule has 0 spiro atoms. The van der Waals surface area contributed by atoms with E-state index in [2.05, 4.69) is 70.3 Å². The third-order valence-corrected chi connectivity index (χ3v) is 4.18. The molecule has 3 rings (SSSR count). The number of nitrogens with zero attached hydrogens (tertiary/aromatic N) is 1. The fourth-order valence-electron chi connectivity index (χ4n) is 2.64. The van der Waals surface area contributed by atoms with E-state index in [4.69, 9.17) is 5.73 Å². The van der Waals surface area contributed by atoms with Gasteiger partial charge in [-0.1, -0.05) is 58.4 Å². The predicted octanol–water partition coefficient (Wildman–Crippen LogP) is 4.82. The molecule has 3 aromatic rings. The Morgan fingerprint density at radius 2 is 1.76 bits per heavy atom. The summed E-state index contributed by atoms with van der Waals surface area (Å²) in [6.07, 6.45) is 0. The van der Waals surface area contributed by atoms with Crippen LogP contribution in [0.4, 0.5) is 11.4 Å². The maximum absolute atomic E-state index is 6.12. The Bertz CT molecular complexity index is 778. The molecule has 3 aromatic carbocycles. The summed E-state index contributed by atoms with van der Waals surface area (Å²) in [7, 11) is 2.07. The van der Waals surface area contributed by atoms with Gasteiger partial charge in [-0.2, -0.15) is 0 Å².